The highest BCUT2D eigenvalue weighted by molar-refractivity contribution is 9.10. The molecule has 0 saturated carbocycles. The van der Waals surface area contributed by atoms with Crippen molar-refractivity contribution >= 4 is 39.8 Å². The van der Waals surface area contributed by atoms with Gasteiger partial charge in [-0.1, -0.05) is 45.9 Å². The number of methoxy groups -OCH3 is 1. The second-order valence-corrected chi connectivity index (χ2v) is 7.68. The predicted molar refractivity (Wildman–Crippen MR) is 118 cm³/mol. The first-order valence-electron chi connectivity index (χ1n) is 8.89. The van der Waals surface area contributed by atoms with E-state index >= 15 is 0 Å². The van der Waals surface area contributed by atoms with E-state index in [9.17, 15) is 4.79 Å². The predicted octanol–water partition coefficient (Wildman–Crippen LogP) is 3.98. The summed E-state index contributed by atoms with van der Waals surface area (Å²) < 4.78 is 8.08. The second-order valence-electron chi connectivity index (χ2n) is 5.88. The number of hydrogen-bond acceptors (Lipinski definition) is 6. The van der Waals surface area contributed by atoms with Crippen LogP contribution in [0.2, 0.25) is 0 Å². The van der Waals surface area contributed by atoms with E-state index in [1.165, 1.54) is 11.8 Å². The lowest BCUT2D eigenvalue weighted by molar-refractivity contribution is -0.118. The highest BCUT2D eigenvalue weighted by Crippen LogP contribution is 2.25. The zero-order chi connectivity index (χ0) is 20.6. The van der Waals surface area contributed by atoms with Crippen molar-refractivity contribution in [2.24, 2.45) is 5.10 Å². The van der Waals surface area contributed by atoms with Gasteiger partial charge in [-0.3, -0.25) is 4.79 Å². The number of aromatic nitrogens is 3. The lowest BCUT2D eigenvalue weighted by Gasteiger charge is -2.07. The van der Waals surface area contributed by atoms with Crippen molar-refractivity contribution in [2.75, 3.05) is 12.9 Å². The molecule has 0 fully saturated rings. The average molecular weight is 474 g/mol. The number of ether oxygens (including phenoxy) is 1. The van der Waals surface area contributed by atoms with E-state index in [0.717, 1.165) is 27.2 Å². The summed E-state index contributed by atoms with van der Waals surface area (Å²) >= 11 is 4.76. The van der Waals surface area contributed by atoms with Crippen LogP contribution in [0.15, 0.2) is 63.3 Å². The lowest BCUT2D eigenvalue weighted by atomic mass is 10.2. The summed E-state index contributed by atoms with van der Waals surface area (Å²) in [4.78, 5) is 12.1. The highest BCUT2D eigenvalue weighted by Gasteiger charge is 2.14. The Morgan fingerprint density at radius 2 is 2.00 bits per heavy atom. The van der Waals surface area contributed by atoms with Crippen molar-refractivity contribution in [1.82, 2.24) is 20.2 Å². The van der Waals surface area contributed by atoms with Gasteiger partial charge in [0.05, 0.1) is 19.1 Å². The molecule has 7 nitrogen and oxygen atoms in total. The van der Waals surface area contributed by atoms with Gasteiger partial charge in [0.15, 0.2) is 11.0 Å². The SMILES string of the molecule is CCn1c(SCC(=O)NN=Cc2ccccc2Br)nnc1-c1ccc(OC)cc1. The van der Waals surface area contributed by atoms with E-state index in [0.29, 0.717) is 11.7 Å². The minimum atomic E-state index is -0.213. The minimum absolute atomic E-state index is 0.189. The summed E-state index contributed by atoms with van der Waals surface area (Å²) in [6.45, 7) is 2.71. The van der Waals surface area contributed by atoms with Crippen LogP contribution < -0.4 is 10.2 Å². The number of halogens is 1. The number of hydrogen-bond donors (Lipinski definition) is 1. The van der Waals surface area contributed by atoms with Crippen molar-refractivity contribution in [3.63, 3.8) is 0 Å². The van der Waals surface area contributed by atoms with Crippen LogP contribution in [-0.4, -0.2) is 39.7 Å². The summed E-state index contributed by atoms with van der Waals surface area (Å²) in [5.41, 5.74) is 4.36. The first-order chi connectivity index (χ1) is 14.1. The zero-order valence-electron chi connectivity index (χ0n) is 16.0. The monoisotopic (exact) mass is 473 g/mol. The fourth-order valence-electron chi connectivity index (χ4n) is 2.55. The molecule has 0 saturated heterocycles. The number of hydrazone groups is 1. The Hall–Kier alpha value is -2.65. The third-order valence-electron chi connectivity index (χ3n) is 4.01. The molecule has 0 spiro atoms. The van der Waals surface area contributed by atoms with Gasteiger partial charge in [0.25, 0.3) is 5.91 Å². The van der Waals surface area contributed by atoms with Gasteiger partial charge in [-0.05, 0) is 37.3 Å². The quantitative estimate of drug-likeness (QED) is 0.304. The van der Waals surface area contributed by atoms with Gasteiger partial charge in [-0.15, -0.1) is 10.2 Å². The van der Waals surface area contributed by atoms with Crippen molar-refractivity contribution in [3.8, 4) is 17.1 Å². The summed E-state index contributed by atoms with van der Waals surface area (Å²) in [7, 11) is 1.63. The number of nitrogens with zero attached hydrogens (tertiary/aromatic N) is 4. The molecular weight excluding hydrogens is 454 g/mol. The van der Waals surface area contributed by atoms with Crippen LogP contribution in [0.5, 0.6) is 5.75 Å². The smallest absolute Gasteiger partial charge is 0.250 e. The lowest BCUT2D eigenvalue weighted by Crippen LogP contribution is -2.20. The van der Waals surface area contributed by atoms with E-state index in [1.54, 1.807) is 13.3 Å². The fourth-order valence-corrected chi connectivity index (χ4v) is 3.73. The van der Waals surface area contributed by atoms with Crippen molar-refractivity contribution in [3.05, 3.63) is 58.6 Å². The molecule has 3 aromatic rings. The molecule has 1 heterocycles. The van der Waals surface area contributed by atoms with Crippen molar-refractivity contribution < 1.29 is 9.53 Å². The molecule has 0 atom stereocenters. The Bertz CT molecular complexity index is 1000. The number of thioether (sulfide) groups is 1. The topological polar surface area (TPSA) is 81.4 Å². The highest BCUT2D eigenvalue weighted by atomic mass is 79.9. The molecule has 0 bridgehead atoms. The largest absolute Gasteiger partial charge is 0.497 e. The molecule has 150 valence electrons. The number of rotatable bonds is 8. The zero-order valence-corrected chi connectivity index (χ0v) is 18.4. The van der Waals surface area contributed by atoms with Crippen LogP contribution in [0.1, 0.15) is 12.5 Å². The summed E-state index contributed by atoms with van der Waals surface area (Å²) in [6.07, 6.45) is 1.60. The number of benzene rings is 2. The van der Waals surface area contributed by atoms with Gasteiger partial charge in [0.2, 0.25) is 0 Å². The average Bonchev–Trinajstić information content (AvgIpc) is 3.16. The molecule has 0 aliphatic carbocycles. The van der Waals surface area contributed by atoms with Crippen molar-refractivity contribution in [1.29, 1.82) is 0 Å². The van der Waals surface area contributed by atoms with Crippen molar-refractivity contribution in [2.45, 2.75) is 18.6 Å². The van der Waals surface area contributed by atoms with E-state index < -0.39 is 0 Å². The van der Waals surface area contributed by atoms with Crippen LogP contribution in [-0.2, 0) is 11.3 Å². The number of nitrogens with one attached hydrogen (secondary N) is 1. The Kier molecular flexibility index (Phi) is 7.42. The number of carbonyl (C=O) groups excluding carboxylic acids is 1. The molecule has 2 aromatic carbocycles. The maximum atomic E-state index is 12.1. The third-order valence-corrected chi connectivity index (χ3v) is 5.70. The maximum absolute atomic E-state index is 12.1. The molecule has 0 aliphatic rings. The van der Waals surface area contributed by atoms with Gasteiger partial charge in [-0.2, -0.15) is 5.10 Å². The molecule has 1 amide bonds. The minimum Gasteiger partial charge on any atom is -0.497 e. The first kappa shape index (κ1) is 21.1. The van der Waals surface area contributed by atoms with Gasteiger partial charge in [0.1, 0.15) is 5.75 Å². The van der Waals surface area contributed by atoms with Gasteiger partial charge >= 0.3 is 0 Å². The van der Waals surface area contributed by atoms with Gasteiger partial charge in [-0.25, -0.2) is 5.43 Å². The van der Waals surface area contributed by atoms with E-state index in [-0.39, 0.29) is 11.7 Å². The number of carbonyl (C=O) groups is 1. The van der Waals surface area contributed by atoms with Crippen LogP contribution in [0.3, 0.4) is 0 Å². The van der Waals surface area contributed by atoms with E-state index in [2.05, 4.69) is 36.7 Å². The molecular formula is C20H20BrN5O2S. The van der Waals surface area contributed by atoms with Crippen LogP contribution in [0, 0.1) is 0 Å². The van der Waals surface area contributed by atoms with E-state index in [1.807, 2.05) is 60.0 Å². The Morgan fingerprint density at radius 1 is 1.24 bits per heavy atom. The molecule has 1 N–H and O–H groups in total. The Balaban J connectivity index is 1.61. The first-order valence-corrected chi connectivity index (χ1v) is 10.7. The van der Waals surface area contributed by atoms with Crippen LogP contribution in [0.4, 0.5) is 0 Å². The summed E-state index contributed by atoms with van der Waals surface area (Å²) in [5, 5.41) is 13.2. The fraction of sp³-hybridized carbons (Fsp3) is 0.200. The third kappa shape index (κ3) is 5.45. The molecule has 9 heteroatoms. The molecule has 29 heavy (non-hydrogen) atoms. The second kappa shape index (κ2) is 10.2. The van der Waals surface area contributed by atoms with Crippen LogP contribution in [0.25, 0.3) is 11.4 Å². The standard InChI is InChI=1S/C20H20BrN5O2S/c1-3-26-19(14-8-10-16(28-2)11-9-14)24-25-20(26)29-13-18(27)23-22-12-15-6-4-5-7-17(15)21/h4-12H,3,13H2,1-2H3,(H,23,27). The molecule has 3 rings (SSSR count). The molecule has 1 aromatic heterocycles. The molecule has 0 aliphatic heterocycles. The normalized spacial score (nSPS) is 11.0. The Morgan fingerprint density at radius 3 is 2.69 bits per heavy atom. The van der Waals surface area contributed by atoms with Gasteiger partial charge in [0, 0.05) is 22.1 Å². The maximum Gasteiger partial charge on any atom is 0.250 e. The summed E-state index contributed by atoms with van der Waals surface area (Å²) in [6, 6.07) is 15.3. The Labute approximate surface area is 181 Å². The number of amides is 1. The van der Waals surface area contributed by atoms with Crippen LogP contribution >= 0.6 is 27.7 Å². The van der Waals surface area contributed by atoms with E-state index in [4.69, 9.17) is 4.74 Å². The van der Waals surface area contributed by atoms with Gasteiger partial charge < -0.3 is 9.30 Å². The summed E-state index contributed by atoms with van der Waals surface area (Å²) in [5.74, 6) is 1.51. The molecule has 0 radical (unpaired) electrons. The molecule has 0 unspecified atom stereocenters.